The van der Waals surface area contributed by atoms with Crippen LogP contribution < -0.4 is 5.73 Å². The van der Waals surface area contributed by atoms with Crippen molar-refractivity contribution in [1.29, 1.82) is 0 Å². The zero-order chi connectivity index (χ0) is 15.1. The van der Waals surface area contributed by atoms with E-state index in [1.54, 1.807) is 32.9 Å². The number of benzene rings is 1. The van der Waals surface area contributed by atoms with Gasteiger partial charge in [-0.3, -0.25) is 0 Å². The fraction of sp³-hybridized carbons (Fsp3) is 0.500. The molecule has 110 valence electrons. The van der Waals surface area contributed by atoms with Crippen molar-refractivity contribution in [3.63, 3.8) is 0 Å². The van der Waals surface area contributed by atoms with E-state index in [4.69, 9.17) is 22.1 Å². The highest BCUT2D eigenvalue weighted by Gasteiger charge is 2.46. The molecule has 1 fully saturated rings. The maximum Gasteiger partial charge on any atom is 0.410 e. The van der Waals surface area contributed by atoms with Crippen molar-refractivity contribution >= 4 is 17.7 Å². The predicted molar refractivity (Wildman–Crippen MR) is 75.1 cm³/mol. The van der Waals surface area contributed by atoms with Crippen LogP contribution in [0.5, 0.6) is 0 Å². The molecule has 0 saturated carbocycles. The molecule has 0 aliphatic carbocycles. The fourth-order valence-corrected chi connectivity index (χ4v) is 2.31. The molecule has 2 N–H and O–H groups in total. The maximum atomic E-state index is 13.9. The molecule has 0 bridgehead atoms. The van der Waals surface area contributed by atoms with E-state index >= 15 is 0 Å². The van der Waals surface area contributed by atoms with Crippen molar-refractivity contribution in [3.8, 4) is 0 Å². The number of carbonyl (C=O) groups is 1. The molecule has 1 heterocycles. The SMILES string of the molecule is CC(C)(C)OC(=O)N1CC(N)(c2ccc(Cl)cc2F)C1. The van der Waals surface area contributed by atoms with E-state index in [9.17, 15) is 9.18 Å². The average Bonchev–Trinajstić information content (AvgIpc) is 2.22. The molecule has 0 unspecified atom stereocenters. The first-order valence-corrected chi connectivity index (χ1v) is 6.71. The predicted octanol–water partition coefficient (Wildman–Crippen LogP) is 2.88. The molecule has 2 rings (SSSR count). The number of hydrogen-bond acceptors (Lipinski definition) is 3. The van der Waals surface area contributed by atoms with E-state index in [2.05, 4.69) is 0 Å². The molecular weight excluding hydrogens is 283 g/mol. The number of halogens is 2. The highest BCUT2D eigenvalue weighted by molar-refractivity contribution is 6.30. The Kier molecular flexibility index (Phi) is 3.69. The molecule has 4 nitrogen and oxygen atoms in total. The third kappa shape index (κ3) is 3.04. The summed E-state index contributed by atoms with van der Waals surface area (Å²) in [5.74, 6) is -0.455. The molecule has 0 spiro atoms. The summed E-state index contributed by atoms with van der Waals surface area (Å²) >= 11 is 5.71. The minimum Gasteiger partial charge on any atom is -0.444 e. The number of rotatable bonds is 1. The van der Waals surface area contributed by atoms with Crippen molar-refractivity contribution < 1.29 is 13.9 Å². The monoisotopic (exact) mass is 300 g/mol. The Labute approximate surface area is 122 Å². The quantitative estimate of drug-likeness (QED) is 0.867. The molecule has 0 atom stereocenters. The second-order valence-electron chi connectivity index (χ2n) is 6.12. The zero-order valence-electron chi connectivity index (χ0n) is 11.7. The maximum absolute atomic E-state index is 13.9. The normalized spacial score (nSPS) is 17.6. The van der Waals surface area contributed by atoms with E-state index in [0.717, 1.165) is 0 Å². The topological polar surface area (TPSA) is 55.6 Å². The lowest BCUT2D eigenvalue weighted by molar-refractivity contribution is -0.00954. The van der Waals surface area contributed by atoms with Crippen LogP contribution in [0.15, 0.2) is 18.2 Å². The van der Waals surface area contributed by atoms with Crippen LogP contribution in [0.3, 0.4) is 0 Å². The Hall–Kier alpha value is -1.33. The molecule has 1 aromatic rings. The third-order valence-electron chi connectivity index (χ3n) is 3.07. The highest BCUT2D eigenvalue weighted by Crippen LogP contribution is 2.33. The van der Waals surface area contributed by atoms with Crippen molar-refractivity contribution in [2.24, 2.45) is 5.73 Å². The molecule has 1 aromatic carbocycles. The van der Waals surface area contributed by atoms with Gasteiger partial charge in [-0.2, -0.15) is 0 Å². The molecule has 1 saturated heterocycles. The van der Waals surface area contributed by atoms with E-state index in [1.807, 2.05) is 0 Å². The molecule has 1 aliphatic rings. The zero-order valence-corrected chi connectivity index (χ0v) is 12.5. The molecule has 0 aromatic heterocycles. The smallest absolute Gasteiger partial charge is 0.410 e. The highest BCUT2D eigenvalue weighted by atomic mass is 35.5. The number of nitrogens with zero attached hydrogens (tertiary/aromatic N) is 1. The minimum absolute atomic E-state index is 0.223. The first-order valence-electron chi connectivity index (χ1n) is 6.33. The molecule has 6 heteroatoms. The minimum atomic E-state index is -0.883. The number of ether oxygens (including phenoxy) is 1. The van der Waals surface area contributed by atoms with E-state index in [1.165, 1.54) is 11.0 Å². The Morgan fingerprint density at radius 1 is 1.45 bits per heavy atom. The average molecular weight is 301 g/mol. The first-order chi connectivity index (χ1) is 9.11. The number of carbonyl (C=O) groups excluding carboxylic acids is 1. The summed E-state index contributed by atoms with van der Waals surface area (Å²) in [6.07, 6.45) is -0.437. The van der Waals surface area contributed by atoms with Gasteiger partial charge in [-0.15, -0.1) is 0 Å². The lowest BCUT2D eigenvalue weighted by atomic mass is 9.83. The number of amides is 1. The van der Waals surface area contributed by atoms with Crippen LogP contribution in [0.1, 0.15) is 26.3 Å². The van der Waals surface area contributed by atoms with Gasteiger partial charge in [0.15, 0.2) is 0 Å². The summed E-state index contributed by atoms with van der Waals surface area (Å²) in [6, 6.07) is 4.37. The number of likely N-dealkylation sites (tertiary alicyclic amines) is 1. The van der Waals surface area contributed by atoms with Gasteiger partial charge >= 0.3 is 6.09 Å². The van der Waals surface area contributed by atoms with Crippen LogP contribution in [0.2, 0.25) is 5.02 Å². The van der Waals surface area contributed by atoms with Gasteiger partial charge in [0, 0.05) is 23.7 Å². The summed E-state index contributed by atoms with van der Waals surface area (Å²) in [5, 5.41) is 0.318. The van der Waals surface area contributed by atoms with Crippen molar-refractivity contribution in [2.45, 2.75) is 31.9 Å². The van der Waals surface area contributed by atoms with Gasteiger partial charge < -0.3 is 15.4 Å². The number of nitrogens with two attached hydrogens (primary N) is 1. The fourth-order valence-electron chi connectivity index (χ4n) is 2.15. The van der Waals surface area contributed by atoms with Crippen LogP contribution in [0, 0.1) is 5.82 Å². The van der Waals surface area contributed by atoms with Gasteiger partial charge in [0.2, 0.25) is 0 Å². The molecular formula is C14H18ClFN2O2. The van der Waals surface area contributed by atoms with Crippen molar-refractivity contribution in [1.82, 2.24) is 4.90 Å². The van der Waals surface area contributed by atoms with Crippen LogP contribution in [0.25, 0.3) is 0 Å². The van der Waals surface area contributed by atoms with Crippen LogP contribution in [-0.2, 0) is 10.3 Å². The Morgan fingerprint density at radius 2 is 2.05 bits per heavy atom. The van der Waals surface area contributed by atoms with Gasteiger partial charge in [-0.25, -0.2) is 9.18 Å². The van der Waals surface area contributed by atoms with Gasteiger partial charge in [0.1, 0.15) is 11.4 Å². The van der Waals surface area contributed by atoms with Crippen molar-refractivity contribution in [2.75, 3.05) is 13.1 Å². The molecule has 1 amide bonds. The summed E-state index contributed by atoms with van der Waals surface area (Å²) in [4.78, 5) is 13.3. The summed E-state index contributed by atoms with van der Waals surface area (Å²) < 4.78 is 19.1. The summed E-state index contributed by atoms with van der Waals surface area (Å²) in [6.45, 7) is 5.82. The summed E-state index contributed by atoms with van der Waals surface area (Å²) in [7, 11) is 0. The first kappa shape index (κ1) is 15.1. The van der Waals surface area contributed by atoms with Crippen molar-refractivity contribution in [3.05, 3.63) is 34.6 Å². The van der Waals surface area contributed by atoms with Crippen LogP contribution >= 0.6 is 11.6 Å². The van der Waals surface area contributed by atoms with Gasteiger partial charge in [-0.1, -0.05) is 17.7 Å². The second-order valence-corrected chi connectivity index (χ2v) is 6.55. The Balaban J connectivity index is 2.05. The Morgan fingerprint density at radius 3 is 2.55 bits per heavy atom. The molecule has 0 radical (unpaired) electrons. The van der Waals surface area contributed by atoms with E-state index < -0.39 is 23.1 Å². The van der Waals surface area contributed by atoms with Gasteiger partial charge in [0.25, 0.3) is 0 Å². The van der Waals surface area contributed by atoms with Crippen LogP contribution in [0.4, 0.5) is 9.18 Å². The standard InChI is InChI=1S/C14H18ClFN2O2/c1-13(2,3)20-12(19)18-7-14(17,8-18)10-5-4-9(15)6-11(10)16/h4-6H,7-8,17H2,1-3H3. The largest absolute Gasteiger partial charge is 0.444 e. The second kappa shape index (κ2) is 4.90. The van der Waals surface area contributed by atoms with Crippen LogP contribution in [-0.4, -0.2) is 29.7 Å². The lowest BCUT2D eigenvalue weighted by Crippen LogP contribution is -2.66. The van der Waals surface area contributed by atoms with Gasteiger partial charge in [0.05, 0.1) is 5.54 Å². The third-order valence-corrected chi connectivity index (χ3v) is 3.30. The molecule has 1 aliphatic heterocycles. The van der Waals surface area contributed by atoms with E-state index in [-0.39, 0.29) is 13.1 Å². The van der Waals surface area contributed by atoms with E-state index in [0.29, 0.717) is 10.6 Å². The summed E-state index contributed by atoms with van der Waals surface area (Å²) in [5.41, 5.74) is 5.05. The van der Waals surface area contributed by atoms with Gasteiger partial charge in [-0.05, 0) is 32.9 Å². The molecule has 20 heavy (non-hydrogen) atoms. The Bertz CT molecular complexity index is 536. The number of hydrogen-bond donors (Lipinski definition) is 1. The lowest BCUT2D eigenvalue weighted by Gasteiger charge is -2.47.